The van der Waals surface area contributed by atoms with E-state index in [-0.39, 0.29) is 12.1 Å². The molecule has 1 aromatic rings. The lowest BCUT2D eigenvalue weighted by Gasteiger charge is -2.28. The second kappa shape index (κ2) is 8.21. The van der Waals surface area contributed by atoms with Gasteiger partial charge in [-0.15, -0.1) is 11.8 Å². The molecule has 0 saturated heterocycles. The number of unbranched alkanes of at least 4 members (excludes halogenated alkanes) is 1. The van der Waals surface area contributed by atoms with Gasteiger partial charge in [0.2, 0.25) is 0 Å². The van der Waals surface area contributed by atoms with Crippen LogP contribution in [-0.2, 0) is 12.8 Å². The van der Waals surface area contributed by atoms with E-state index in [0.29, 0.717) is 0 Å². The first kappa shape index (κ1) is 16.9. The molecule has 0 heterocycles. The zero-order chi connectivity index (χ0) is 15.1. The van der Waals surface area contributed by atoms with Crippen molar-refractivity contribution in [3.8, 4) is 0 Å². The predicted molar refractivity (Wildman–Crippen MR) is 92.2 cm³/mol. The Hall–Kier alpha value is -0.510. The zero-order valence-electron chi connectivity index (χ0n) is 13.5. The van der Waals surface area contributed by atoms with Gasteiger partial charge in [-0.05, 0) is 74.6 Å². The van der Waals surface area contributed by atoms with Gasteiger partial charge >= 0.3 is 0 Å². The fourth-order valence-corrected chi connectivity index (χ4v) is 4.07. The van der Waals surface area contributed by atoms with Crippen LogP contribution in [0.25, 0.3) is 0 Å². The average molecular weight is 308 g/mol. The maximum Gasteiger partial charge on any atom is 0.0610 e. The minimum Gasteiger partial charge on any atom is -0.394 e. The van der Waals surface area contributed by atoms with E-state index in [0.717, 1.165) is 13.0 Å². The molecular formula is C18H29NOS. The highest BCUT2D eigenvalue weighted by molar-refractivity contribution is 7.99. The molecule has 0 amide bonds. The summed E-state index contributed by atoms with van der Waals surface area (Å²) in [6, 6.07) is 6.99. The van der Waals surface area contributed by atoms with Crippen LogP contribution in [0.4, 0.5) is 0 Å². The number of aryl methyl sites for hydroxylation is 2. The lowest BCUT2D eigenvalue weighted by Crippen LogP contribution is -2.45. The van der Waals surface area contributed by atoms with Crippen molar-refractivity contribution in [1.82, 2.24) is 5.32 Å². The Kier molecular flexibility index (Phi) is 6.59. The summed E-state index contributed by atoms with van der Waals surface area (Å²) in [6.07, 6.45) is 7.28. The van der Waals surface area contributed by atoms with Gasteiger partial charge in [-0.3, -0.25) is 0 Å². The molecule has 1 atom stereocenters. The minimum absolute atomic E-state index is 0.104. The molecule has 1 unspecified atom stereocenters. The van der Waals surface area contributed by atoms with Crippen molar-refractivity contribution in [2.45, 2.75) is 62.8 Å². The first-order chi connectivity index (χ1) is 10.2. The maximum absolute atomic E-state index is 9.47. The summed E-state index contributed by atoms with van der Waals surface area (Å²) < 4.78 is 0. The highest BCUT2D eigenvalue weighted by atomic mass is 32.2. The Balaban J connectivity index is 1.68. The van der Waals surface area contributed by atoms with Crippen molar-refractivity contribution < 1.29 is 5.11 Å². The molecule has 0 radical (unpaired) electrons. The van der Waals surface area contributed by atoms with Crippen molar-refractivity contribution in [3.63, 3.8) is 0 Å². The van der Waals surface area contributed by atoms with Crippen LogP contribution >= 0.6 is 11.8 Å². The quantitative estimate of drug-likeness (QED) is 0.538. The predicted octanol–water partition coefficient (Wildman–Crippen LogP) is 3.80. The van der Waals surface area contributed by atoms with Gasteiger partial charge in [0.1, 0.15) is 0 Å². The topological polar surface area (TPSA) is 32.3 Å². The van der Waals surface area contributed by atoms with E-state index in [1.54, 1.807) is 11.1 Å². The maximum atomic E-state index is 9.47. The Labute approximate surface area is 133 Å². The van der Waals surface area contributed by atoms with Gasteiger partial charge in [0.15, 0.2) is 0 Å². The molecule has 1 aromatic carbocycles. The number of fused-ring (bicyclic) bond motifs is 1. The molecule has 0 spiro atoms. The molecule has 0 saturated carbocycles. The molecule has 1 aliphatic carbocycles. The number of thioether (sulfide) groups is 1. The highest BCUT2D eigenvalue weighted by Gasteiger charge is 2.20. The second-order valence-electron chi connectivity index (χ2n) is 6.34. The van der Waals surface area contributed by atoms with Crippen molar-refractivity contribution in [2.24, 2.45) is 0 Å². The van der Waals surface area contributed by atoms with Crippen LogP contribution in [0.5, 0.6) is 0 Å². The number of aliphatic hydroxyl groups is 1. The molecule has 0 aliphatic heterocycles. The zero-order valence-corrected chi connectivity index (χ0v) is 14.3. The molecule has 2 rings (SSSR count). The summed E-state index contributed by atoms with van der Waals surface area (Å²) >= 11 is 1.98. The van der Waals surface area contributed by atoms with Crippen LogP contribution < -0.4 is 5.32 Å². The average Bonchev–Trinajstić information content (AvgIpc) is 2.95. The Morgan fingerprint density at radius 2 is 2.05 bits per heavy atom. The number of hydrogen-bond acceptors (Lipinski definition) is 3. The number of benzene rings is 1. The fraction of sp³-hybridized carbons (Fsp3) is 0.667. The van der Waals surface area contributed by atoms with Crippen LogP contribution in [0.15, 0.2) is 23.1 Å². The van der Waals surface area contributed by atoms with Crippen LogP contribution in [0.3, 0.4) is 0 Å². The third-order valence-electron chi connectivity index (χ3n) is 4.41. The summed E-state index contributed by atoms with van der Waals surface area (Å²) in [6.45, 7) is 5.35. The fourth-order valence-electron chi connectivity index (χ4n) is 3.10. The number of nitrogens with one attached hydrogen (secondary N) is 1. The van der Waals surface area contributed by atoms with Gasteiger partial charge in [-0.1, -0.05) is 19.4 Å². The third-order valence-corrected chi connectivity index (χ3v) is 5.49. The van der Waals surface area contributed by atoms with Gasteiger partial charge in [-0.2, -0.15) is 0 Å². The second-order valence-corrected chi connectivity index (χ2v) is 7.51. The molecule has 0 bridgehead atoms. The van der Waals surface area contributed by atoms with E-state index in [9.17, 15) is 5.11 Å². The van der Waals surface area contributed by atoms with E-state index in [2.05, 4.69) is 37.4 Å². The van der Waals surface area contributed by atoms with Crippen molar-refractivity contribution in [2.75, 3.05) is 18.9 Å². The first-order valence-electron chi connectivity index (χ1n) is 8.27. The van der Waals surface area contributed by atoms with Gasteiger partial charge in [0.05, 0.1) is 6.61 Å². The summed E-state index contributed by atoms with van der Waals surface area (Å²) in [4.78, 5) is 1.42. The molecule has 2 N–H and O–H groups in total. The van der Waals surface area contributed by atoms with Crippen LogP contribution in [0.2, 0.25) is 0 Å². The molecule has 0 fully saturated rings. The number of rotatable bonds is 9. The van der Waals surface area contributed by atoms with Crippen molar-refractivity contribution in [3.05, 3.63) is 29.3 Å². The first-order valence-corrected chi connectivity index (χ1v) is 9.26. The van der Waals surface area contributed by atoms with Crippen LogP contribution in [0.1, 0.15) is 50.7 Å². The normalized spacial score (nSPS) is 16.7. The van der Waals surface area contributed by atoms with Crippen LogP contribution in [-0.4, -0.2) is 29.5 Å². The van der Waals surface area contributed by atoms with Crippen molar-refractivity contribution in [1.29, 1.82) is 0 Å². The molecule has 1 aliphatic rings. The Bertz CT molecular complexity index is 449. The lowest BCUT2D eigenvalue weighted by atomic mass is 9.96. The summed E-state index contributed by atoms with van der Waals surface area (Å²) in [5, 5.41) is 12.9. The molecular weight excluding hydrogens is 278 g/mol. The van der Waals surface area contributed by atoms with Gasteiger partial charge in [0, 0.05) is 10.4 Å². The molecule has 0 aromatic heterocycles. The van der Waals surface area contributed by atoms with E-state index in [1.807, 2.05) is 11.8 Å². The largest absolute Gasteiger partial charge is 0.394 e. The summed E-state index contributed by atoms with van der Waals surface area (Å²) in [7, 11) is 0. The molecule has 3 heteroatoms. The van der Waals surface area contributed by atoms with Crippen LogP contribution in [0, 0.1) is 0 Å². The number of aliphatic hydroxyl groups excluding tert-OH is 1. The standard InChI is InChI=1S/C18H29NOS/c1-3-19-18(2,14-20)11-4-5-12-21-17-10-9-15-7-6-8-16(15)13-17/h9-10,13,19-20H,3-8,11-12,14H2,1-2H3. The monoisotopic (exact) mass is 307 g/mol. The van der Waals surface area contributed by atoms with E-state index in [1.165, 1.54) is 42.8 Å². The summed E-state index contributed by atoms with van der Waals surface area (Å²) in [5.74, 6) is 1.17. The van der Waals surface area contributed by atoms with E-state index in [4.69, 9.17) is 0 Å². The minimum atomic E-state index is -0.104. The van der Waals surface area contributed by atoms with E-state index >= 15 is 0 Å². The van der Waals surface area contributed by atoms with Gasteiger partial charge < -0.3 is 10.4 Å². The summed E-state index contributed by atoms with van der Waals surface area (Å²) in [5.41, 5.74) is 3.02. The number of hydrogen-bond donors (Lipinski definition) is 2. The van der Waals surface area contributed by atoms with Crippen molar-refractivity contribution >= 4 is 11.8 Å². The third kappa shape index (κ3) is 5.01. The van der Waals surface area contributed by atoms with Gasteiger partial charge in [0.25, 0.3) is 0 Å². The number of likely N-dealkylation sites (N-methyl/N-ethyl adjacent to an activating group) is 1. The highest BCUT2D eigenvalue weighted by Crippen LogP contribution is 2.28. The lowest BCUT2D eigenvalue weighted by molar-refractivity contribution is 0.165. The Morgan fingerprint density at radius 1 is 1.24 bits per heavy atom. The molecule has 2 nitrogen and oxygen atoms in total. The molecule has 21 heavy (non-hydrogen) atoms. The van der Waals surface area contributed by atoms with Gasteiger partial charge in [-0.25, -0.2) is 0 Å². The molecule has 118 valence electrons. The Morgan fingerprint density at radius 3 is 2.81 bits per heavy atom. The smallest absolute Gasteiger partial charge is 0.0610 e. The van der Waals surface area contributed by atoms with E-state index < -0.39 is 0 Å². The SMILES string of the molecule is CCNC(C)(CO)CCCCSc1ccc2c(c1)CCC2.